The van der Waals surface area contributed by atoms with Crippen LogP contribution in [0.3, 0.4) is 0 Å². The molecule has 2 aromatic heterocycles. The topological polar surface area (TPSA) is 68.4 Å². The fraction of sp³-hybridized carbons (Fsp3) is 0.588. The van der Waals surface area contributed by atoms with Gasteiger partial charge in [0.25, 0.3) is 5.91 Å². The molecule has 0 saturated carbocycles. The lowest BCUT2D eigenvalue weighted by Gasteiger charge is -2.29. The van der Waals surface area contributed by atoms with Gasteiger partial charge in [0, 0.05) is 70.7 Å². The molecular formula is C17H24N6O2. The Morgan fingerprint density at radius 2 is 2.04 bits per heavy atom. The average molecular weight is 344 g/mol. The fourth-order valence-electron chi connectivity index (χ4n) is 3.66. The standard InChI is InChI=1S/C17H24N6O2/c1-20-10-13(9-18-20)17(24)23-4-3-16-14(11-23)15(19-21(16)2)12-22-5-7-25-8-6-22/h9-10H,3-8,11-12H2,1-2H3. The summed E-state index contributed by atoms with van der Waals surface area (Å²) in [7, 11) is 3.83. The average Bonchev–Trinajstić information content (AvgIpc) is 3.19. The zero-order valence-electron chi connectivity index (χ0n) is 14.8. The fourth-order valence-corrected chi connectivity index (χ4v) is 3.66. The van der Waals surface area contributed by atoms with Crippen LogP contribution in [0.1, 0.15) is 27.3 Å². The highest BCUT2D eigenvalue weighted by Crippen LogP contribution is 2.24. The monoisotopic (exact) mass is 344 g/mol. The molecule has 0 radical (unpaired) electrons. The zero-order chi connectivity index (χ0) is 17.4. The minimum atomic E-state index is 0.0416. The number of fused-ring (bicyclic) bond motifs is 1. The van der Waals surface area contributed by atoms with Gasteiger partial charge in [0.05, 0.1) is 30.7 Å². The number of ether oxygens (including phenoxy) is 1. The summed E-state index contributed by atoms with van der Waals surface area (Å²) < 4.78 is 9.07. The molecule has 0 aliphatic carbocycles. The minimum Gasteiger partial charge on any atom is -0.379 e. The largest absolute Gasteiger partial charge is 0.379 e. The van der Waals surface area contributed by atoms with Gasteiger partial charge >= 0.3 is 0 Å². The zero-order valence-corrected chi connectivity index (χ0v) is 14.8. The first kappa shape index (κ1) is 16.3. The summed E-state index contributed by atoms with van der Waals surface area (Å²) >= 11 is 0. The number of nitrogens with zero attached hydrogens (tertiary/aromatic N) is 6. The summed E-state index contributed by atoms with van der Waals surface area (Å²) in [4.78, 5) is 17.0. The van der Waals surface area contributed by atoms with Crippen LogP contribution in [0.15, 0.2) is 12.4 Å². The van der Waals surface area contributed by atoms with Crippen LogP contribution < -0.4 is 0 Å². The highest BCUT2D eigenvalue weighted by Gasteiger charge is 2.28. The molecule has 0 spiro atoms. The summed E-state index contributed by atoms with van der Waals surface area (Å²) in [6, 6.07) is 0. The summed E-state index contributed by atoms with van der Waals surface area (Å²) in [5.41, 5.74) is 4.18. The Kier molecular flexibility index (Phi) is 4.30. The van der Waals surface area contributed by atoms with E-state index in [1.54, 1.807) is 17.1 Å². The second kappa shape index (κ2) is 6.61. The van der Waals surface area contributed by atoms with Crippen molar-refractivity contribution in [1.82, 2.24) is 29.4 Å². The van der Waals surface area contributed by atoms with Crippen molar-refractivity contribution in [2.45, 2.75) is 19.5 Å². The third-order valence-electron chi connectivity index (χ3n) is 5.04. The van der Waals surface area contributed by atoms with Crippen LogP contribution in [0.5, 0.6) is 0 Å². The van der Waals surface area contributed by atoms with E-state index >= 15 is 0 Å². The summed E-state index contributed by atoms with van der Waals surface area (Å²) in [5, 5.41) is 8.85. The molecule has 4 rings (SSSR count). The van der Waals surface area contributed by atoms with E-state index < -0.39 is 0 Å². The van der Waals surface area contributed by atoms with Crippen LogP contribution in [0.4, 0.5) is 0 Å². The third-order valence-corrected chi connectivity index (χ3v) is 5.04. The van der Waals surface area contributed by atoms with E-state index in [1.165, 1.54) is 11.3 Å². The molecular weight excluding hydrogens is 320 g/mol. The molecule has 0 aromatic carbocycles. The van der Waals surface area contributed by atoms with Gasteiger partial charge in [0.2, 0.25) is 0 Å². The maximum Gasteiger partial charge on any atom is 0.257 e. The van der Waals surface area contributed by atoms with Crippen LogP contribution in [-0.4, -0.2) is 68.1 Å². The van der Waals surface area contributed by atoms with Crippen LogP contribution >= 0.6 is 0 Å². The minimum absolute atomic E-state index is 0.0416. The van der Waals surface area contributed by atoms with Gasteiger partial charge in [-0.05, 0) is 0 Å². The van der Waals surface area contributed by atoms with E-state index in [9.17, 15) is 4.79 Å². The Morgan fingerprint density at radius 1 is 1.24 bits per heavy atom. The Bertz CT molecular complexity index is 774. The van der Waals surface area contributed by atoms with E-state index in [2.05, 4.69) is 10.00 Å². The van der Waals surface area contributed by atoms with Crippen LogP contribution in [0, 0.1) is 0 Å². The lowest BCUT2D eigenvalue weighted by atomic mass is 10.0. The highest BCUT2D eigenvalue weighted by molar-refractivity contribution is 5.93. The molecule has 8 nitrogen and oxygen atoms in total. The van der Waals surface area contributed by atoms with Crippen molar-refractivity contribution >= 4 is 5.91 Å². The molecule has 1 saturated heterocycles. The SMILES string of the molecule is Cn1cc(C(=O)N2CCc3c(c(CN4CCOCC4)nn3C)C2)cn1. The van der Waals surface area contributed by atoms with Gasteiger partial charge in [0.15, 0.2) is 0 Å². The number of morpholine rings is 1. The molecule has 4 heterocycles. The molecule has 25 heavy (non-hydrogen) atoms. The predicted molar refractivity (Wildman–Crippen MR) is 91.0 cm³/mol. The van der Waals surface area contributed by atoms with Crippen molar-refractivity contribution in [1.29, 1.82) is 0 Å². The highest BCUT2D eigenvalue weighted by atomic mass is 16.5. The number of aryl methyl sites for hydroxylation is 2. The molecule has 0 bridgehead atoms. The molecule has 1 fully saturated rings. The molecule has 0 unspecified atom stereocenters. The molecule has 0 N–H and O–H groups in total. The number of rotatable bonds is 3. The lowest BCUT2D eigenvalue weighted by Crippen LogP contribution is -2.38. The van der Waals surface area contributed by atoms with Crippen LogP contribution in [0.25, 0.3) is 0 Å². The Morgan fingerprint density at radius 3 is 2.76 bits per heavy atom. The first-order valence-corrected chi connectivity index (χ1v) is 8.73. The summed E-state index contributed by atoms with van der Waals surface area (Å²) in [6.45, 7) is 5.59. The van der Waals surface area contributed by atoms with Gasteiger partial charge in [-0.25, -0.2) is 0 Å². The van der Waals surface area contributed by atoms with Crippen molar-refractivity contribution < 1.29 is 9.53 Å². The number of amides is 1. The van der Waals surface area contributed by atoms with Crippen molar-refractivity contribution in [2.24, 2.45) is 14.1 Å². The molecule has 2 aliphatic rings. The molecule has 2 aromatic rings. The van der Waals surface area contributed by atoms with Gasteiger partial charge in [-0.1, -0.05) is 0 Å². The maximum absolute atomic E-state index is 12.7. The second-order valence-corrected chi connectivity index (χ2v) is 6.76. The Balaban J connectivity index is 1.53. The molecule has 2 aliphatic heterocycles. The van der Waals surface area contributed by atoms with Crippen molar-refractivity contribution in [3.8, 4) is 0 Å². The quantitative estimate of drug-likeness (QED) is 0.795. The predicted octanol–water partition coefficient (Wildman–Crippen LogP) is 0.184. The van der Waals surface area contributed by atoms with Gasteiger partial charge < -0.3 is 9.64 Å². The summed E-state index contributed by atoms with van der Waals surface area (Å²) in [6.07, 6.45) is 4.25. The van der Waals surface area contributed by atoms with Crippen molar-refractivity contribution in [3.63, 3.8) is 0 Å². The second-order valence-electron chi connectivity index (χ2n) is 6.76. The number of hydrogen-bond acceptors (Lipinski definition) is 5. The van der Waals surface area contributed by atoms with E-state index in [0.717, 1.165) is 51.5 Å². The molecule has 134 valence electrons. The number of carbonyl (C=O) groups is 1. The van der Waals surface area contributed by atoms with E-state index in [4.69, 9.17) is 9.84 Å². The van der Waals surface area contributed by atoms with Crippen molar-refractivity contribution in [3.05, 3.63) is 34.9 Å². The van der Waals surface area contributed by atoms with Crippen LogP contribution in [0.2, 0.25) is 0 Å². The number of aromatic nitrogens is 4. The first-order valence-electron chi connectivity index (χ1n) is 8.73. The molecule has 8 heteroatoms. The Hall–Kier alpha value is -2.19. The smallest absolute Gasteiger partial charge is 0.257 e. The molecule has 1 amide bonds. The number of hydrogen-bond donors (Lipinski definition) is 0. The third kappa shape index (κ3) is 3.19. The first-order chi connectivity index (χ1) is 12.1. The van der Waals surface area contributed by atoms with Gasteiger partial charge in [-0.15, -0.1) is 0 Å². The van der Waals surface area contributed by atoms with Gasteiger partial charge in [-0.3, -0.25) is 19.1 Å². The van der Waals surface area contributed by atoms with Gasteiger partial charge in [0.1, 0.15) is 0 Å². The normalized spacial score (nSPS) is 18.4. The Labute approximate surface area is 147 Å². The number of carbonyl (C=O) groups excluding carboxylic acids is 1. The van der Waals surface area contributed by atoms with E-state index in [1.807, 2.05) is 23.7 Å². The van der Waals surface area contributed by atoms with E-state index in [-0.39, 0.29) is 5.91 Å². The van der Waals surface area contributed by atoms with Crippen LogP contribution in [-0.2, 0) is 38.3 Å². The lowest BCUT2D eigenvalue weighted by molar-refractivity contribution is 0.0333. The van der Waals surface area contributed by atoms with Gasteiger partial charge in [-0.2, -0.15) is 10.2 Å². The molecule has 0 atom stereocenters. The maximum atomic E-state index is 12.7. The summed E-state index contributed by atoms with van der Waals surface area (Å²) in [5.74, 6) is 0.0416. The van der Waals surface area contributed by atoms with E-state index in [0.29, 0.717) is 12.1 Å². The van der Waals surface area contributed by atoms with Crippen molar-refractivity contribution in [2.75, 3.05) is 32.8 Å².